The highest BCUT2D eigenvalue weighted by Crippen LogP contribution is 2.08. The van der Waals surface area contributed by atoms with E-state index in [-0.39, 0.29) is 24.9 Å². The van der Waals surface area contributed by atoms with Crippen molar-refractivity contribution in [3.05, 3.63) is 42.5 Å². The van der Waals surface area contributed by atoms with Gasteiger partial charge in [-0.3, -0.25) is 14.5 Å². The van der Waals surface area contributed by atoms with E-state index in [0.29, 0.717) is 6.54 Å². The molecule has 0 aliphatic carbocycles. The summed E-state index contributed by atoms with van der Waals surface area (Å²) >= 11 is 0. The van der Waals surface area contributed by atoms with E-state index in [1.54, 1.807) is 18.0 Å². The summed E-state index contributed by atoms with van der Waals surface area (Å²) in [5, 5.41) is 5.45. The lowest BCUT2D eigenvalue weighted by Crippen LogP contribution is -2.38. The largest absolute Gasteiger partial charge is 0.352 e. The quantitative estimate of drug-likeness (QED) is 0.734. The summed E-state index contributed by atoms with van der Waals surface area (Å²) in [6, 6.07) is 7.57. The standard InChI is InChI=1S/C15H21N3O2/c1-4-9-16-14(19)10-18(3)11-15(20)17-13-7-5-12(2)6-8-13/h4-8H,1,9-11H2,2-3H3,(H,16,19)(H,17,20). The molecule has 0 unspecified atom stereocenters. The number of likely N-dealkylation sites (N-methyl/N-ethyl adjacent to an activating group) is 1. The third kappa shape index (κ3) is 6.15. The number of nitrogens with zero attached hydrogens (tertiary/aromatic N) is 1. The molecule has 0 spiro atoms. The van der Waals surface area contributed by atoms with Crippen LogP contribution >= 0.6 is 0 Å². The third-order valence-corrected chi connectivity index (χ3v) is 2.61. The molecule has 0 saturated heterocycles. The van der Waals surface area contributed by atoms with Crippen LogP contribution in [0.2, 0.25) is 0 Å². The summed E-state index contributed by atoms with van der Waals surface area (Å²) in [6.45, 7) is 6.28. The van der Waals surface area contributed by atoms with Crippen LogP contribution in [0.15, 0.2) is 36.9 Å². The van der Waals surface area contributed by atoms with Gasteiger partial charge in [0.05, 0.1) is 13.1 Å². The van der Waals surface area contributed by atoms with Crippen LogP contribution < -0.4 is 10.6 Å². The predicted octanol–water partition coefficient (Wildman–Crippen LogP) is 1.17. The Morgan fingerprint density at radius 2 is 1.80 bits per heavy atom. The van der Waals surface area contributed by atoms with E-state index in [2.05, 4.69) is 17.2 Å². The zero-order chi connectivity index (χ0) is 15.0. The number of amides is 2. The fourth-order valence-electron chi connectivity index (χ4n) is 1.63. The summed E-state index contributed by atoms with van der Waals surface area (Å²) in [4.78, 5) is 24.9. The number of benzene rings is 1. The molecule has 0 bridgehead atoms. The van der Waals surface area contributed by atoms with Crippen LogP contribution in [-0.4, -0.2) is 43.4 Å². The molecular weight excluding hydrogens is 254 g/mol. The second kappa shape index (κ2) is 8.12. The van der Waals surface area contributed by atoms with Gasteiger partial charge in [-0.05, 0) is 26.1 Å². The monoisotopic (exact) mass is 275 g/mol. The van der Waals surface area contributed by atoms with Gasteiger partial charge in [-0.2, -0.15) is 0 Å². The summed E-state index contributed by atoms with van der Waals surface area (Å²) in [5.74, 6) is -0.275. The molecule has 20 heavy (non-hydrogen) atoms. The number of nitrogens with one attached hydrogen (secondary N) is 2. The van der Waals surface area contributed by atoms with Crippen molar-refractivity contribution in [3.63, 3.8) is 0 Å². The van der Waals surface area contributed by atoms with Crippen LogP contribution in [0.4, 0.5) is 5.69 Å². The minimum Gasteiger partial charge on any atom is -0.352 e. The number of anilines is 1. The van der Waals surface area contributed by atoms with E-state index < -0.39 is 0 Å². The topological polar surface area (TPSA) is 61.4 Å². The zero-order valence-corrected chi connectivity index (χ0v) is 12.0. The van der Waals surface area contributed by atoms with Gasteiger partial charge in [-0.25, -0.2) is 0 Å². The Balaban J connectivity index is 2.36. The molecule has 108 valence electrons. The Morgan fingerprint density at radius 3 is 2.40 bits per heavy atom. The lowest BCUT2D eigenvalue weighted by Gasteiger charge is -2.15. The highest BCUT2D eigenvalue weighted by atomic mass is 16.2. The first-order valence-electron chi connectivity index (χ1n) is 6.44. The molecule has 0 fully saturated rings. The van der Waals surface area contributed by atoms with E-state index in [4.69, 9.17) is 0 Å². The Morgan fingerprint density at radius 1 is 1.20 bits per heavy atom. The van der Waals surface area contributed by atoms with Crippen molar-refractivity contribution in [3.8, 4) is 0 Å². The minimum atomic E-state index is -0.145. The molecule has 1 aromatic carbocycles. The minimum absolute atomic E-state index is 0.129. The van der Waals surface area contributed by atoms with Gasteiger partial charge in [0, 0.05) is 12.2 Å². The molecule has 0 radical (unpaired) electrons. The van der Waals surface area contributed by atoms with E-state index in [1.807, 2.05) is 31.2 Å². The van der Waals surface area contributed by atoms with Crippen molar-refractivity contribution in [2.45, 2.75) is 6.92 Å². The van der Waals surface area contributed by atoms with Crippen LogP contribution in [0.1, 0.15) is 5.56 Å². The van der Waals surface area contributed by atoms with Gasteiger partial charge in [-0.1, -0.05) is 23.8 Å². The molecule has 0 heterocycles. The molecule has 1 rings (SSSR count). The number of hydrogen-bond acceptors (Lipinski definition) is 3. The lowest BCUT2D eigenvalue weighted by molar-refractivity contribution is -0.122. The summed E-state index contributed by atoms with van der Waals surface area (Å²) in [6.07, 6.45) is 1.61. The average Bonchev–Trinajstić information content (AvgIpc) is 2.38. The molecule has 2 amide bonds. The van der Waals surface area contributed by atoms with Gasteiger partial charge in [0.2, 0.25) is 11.8 Å². The molecule has 5 nitrogen and oxygen atoms in total. The van der Waals surface area contributed by atoms with Crippen molar-refractivity contribution in [2.24, 2.45) is 0 Å². The maximum absolute atomic E-state index is 11.8. The number of aryl methyl sites for hydroxylation is 1. The summed E-state index contributed by atoms with van der Waals surface area (Å²) in [5.41, 5.74) is 1.89. The molecule has 0 aliphatic rings. The van der Waals surface area contributed by atoms with Gasteiger partial charge in [0.1, 0.15) is 0 Å². The first kappa shape index (κ1) is 15.9. The predicted molar refractivity (Wildman–Crippen MR) is 80.5 cm³/mol. The van der Waals surface area contributed by atoms with Gasteiger partial charge in [0.25, 0.3) is 0 Å². The smallest absolute Gasteiger partial charge is 0.238 e. The lowest BCUT2D eigenvalue weighted by atomic mass is 10.2. The Kier molecular flexibility index (Phi) is 6.46. The molecule has 0 aliphatic heterocycles. The molecule has 0 saturated carbocycles. The molecule has 1 aromatic rings. The molecule has 0 atom stereocenters. The number of rotatable bonds is 7. The van der Waals surface area contributed by atoms with Gasteiger partial charge < -0.3 is 10.6 Å². The van der Waals surface area contributed by atoms with Crippen LogP contribution in [0.3, 0.4) is 0 Å². The Bertz CT molecular complexity index is 469. The van der Waals surface area contributed by atoms with Crippen LogP contribution in [0.5, 0.6) is 0 Å². The van der Waals surface area contributed by atoms with Gasteiger partial charge in [-0.15, -0.1) is 6.58 Å². The fourth-order valence-corrected chi connectivity index (χ4v) is 1.63. The van der Waals surface area contributed by atoms with E-state index in [1.165, 1.54) is 0 Å². The molecule has 5 heteroatoms. The van der Waals surface area contributed by atoms with E-state index in [0.717, 1.165) is 11.3 Å². The van der Waals surface area contributed by atoms with Gasteiger partial charge in [0.15, 0.2) is 0 Å². The SMILES string of the molecule is C=CCNC(=O)CN(C)CC(=O)Nc1ccc(C)cc1. The Hall–Kier alpha value is -2.14. The highest BCUT2D eigenvalue weighted by Gasteiger charge is 2.10. The summed E-state index contributed by atoms with van der Waals surface area (Å²) < 4.78 is 0. The maximum atomic E-state index is 11.8. The van der Waals surface area contributed by atoms with Crippen molar-refractivity contribution in [1.29, 1.82) is 0 Å². The van der Waals surface area contributed by atoms with E-state index in [9.17, 15) is 9.59 Å². The maximum Gasteiger partial charge on any atom is 0.238 e. The van der Waals surface area contributed by atoms with Crippen molar-refractivity contribution in [2.75, 3.05) is 32.0 Å². The molecule has 0 aromatic heterocycles. The fraction of sp³-hybridized carbons (Fsp3) is 0.333. The number of hydrogen-bond donors (Lipinski definition) is 2. The number of carbonyl (C=O) groups is 2. The van der Waals surface area contributed by atoms with Crippen molar-refractivity contribution in [1.82, 2.24) is 10.2 Å². The highest BCUT2D eigenvalue weighted by molar-refractivity contribution is 5.92. The number of carbonyl (C=O) groups excluding carboxylic acids is 2. The zero-order valence-electron chi connectivity index (χ0n) is 12.0. The molecular formula is C15H21N3O2. The summed E-state index contributed by atoms with van der Waals surface area (Å²) in [7, 11) is 1.72. The van der Waals surface area contributed by atoms with Crippen LogP contribution in [0, 0.1) is 6.92 Å². The van der Waals surface area contributed by atoms with Crippen LogP contribution in [0.25, 0.3) is 0 Å². The second-order valence-electron chi connectivity index (χ2n) is 4.68. The van der Waals surface area contributed by atoms with Crippen molar-refractivity contribution < 1.29 is 9.59 Å². The first-order chi connectivity index (χ1) is 9.51. The normalized spacial score (nSPS) is 10.2. The van der Waals surface area contributed by atoms with Crippen molar-refractivity contribution >= 4 is 17.5 Å². The van der Waals surface area contributed by atoms with Crippen LogP contribution in [-0.2, 0) is 9.59 Å². The second-order valence-corrected chi connectivity index (χ2v) is 4.68. The third-order valence-electron chi connectivity index (χ3n) is 2.61. The molecule has 2 N–H and O–H groups in total. The Labute approximate surface area is 119 Å². The first-order valence-corrected chi connectivity index (χ1v) is 6.44. The van der Waals surface area contributed by atoms with E-state index >= 15 is 0 Å². The average molecular weight is 275 g/mol. The van der Waals surface area contributed by atoms with Gasteiger partial charge >= 0.3 is 0 Å².